The van der Waals surface area contributed by atoms with E-state index >= 15 is 0 Å². The summed E-state index contributed by atoms with van der Waals surface area (Å²) in [7, 11) is 1.88. The van der Waals surface area contributed by atoms with Crippen LogP contribution in [0.25, 0.3) is 16.9 Å². The highest BCUT2D eigenvalue weighted by Gasteiger charge is 2.25. The Bertz CT molecular complexity index is 1240. The Labute approximate surface area is 174 Å². The van der Waals surface area contributed by atoms with Gasteiger partial charge in [-0.1, -0.05) is 18.6 Å². The zero-order chi connectivity index (χ0) is 20.7. The van der Waals surface area contributed by atoms with E-state index in [4.69, 9.17) is 5.10 Å². The molecular weight excluding hydrogens is 378 g/mol. The van der Waals surface area contributed by atoms with Crippen LogP contribution >= 0.6 is 0 Å². The predicted octanol–water partition coefficient (Wildman–Crippen LogP) is 3.16. The Morgan fingerprint density at radius 3 is 2.80 bits per heavy atom. The van der Waals surface area contributed by atoms with Gasteiger partial charge >= 0.3 is 0 Å². The maximum atomic E-state index is 12.2. The van der Waals surface area contributed by atoms with E-state index in [0.29, 0.717) is 12.1 Å². The summed E-state index contributed by atoms with van der Waals surface area (Å²) in [5, 5.41) is 12.0. The summed E-state index contributed by atoms with van der Waals surface area (Å²) in [5.41, 5.74) is 5.51. The smallest absolute Gasteiger partial charge is 0.227 e. The Morgan fingerprint density at radius 1 is 1.23 bits per heavy atom. The molecular formula is C22H23N7O. The van der Waals surface area contributed by atoms with Crippen LogP contribution in [0.3, 0.4) is 0 Å². The SMILES string of the molecule is Cc1cc(Cc2nc3cncc(-c4cnn(C)c4)n3n2)ccc1NC(=O)C1CCC1. The number of benzene rings is 1. The third-order valence-corrected chi connectivity index (χ3v) is 5.68. The first-order valence-electron chi connectivity index (χ1n) is 10.2. The third kappa shape index (κ3) is 3.45. The largest absolute Gasteiger partial charge is 0.326 e. The van der Waals surface area contributed by atoms with Gasteiger partial charge in [-0.3, -0.25) is 14.5 Å². The first kappa shape index (κ1) is 18.5. The van der Waals surface area contributed by atoms with Crippen molar-refractivity contribution in [1.82, 2.24) is 29.4 Å². The fourth-order valence-corrected chi connectivity index (χ4v) is 3.75. The van der Waals surface area contributed by atoms with E-state index in [0.717, 1.165) is 53.2 Å². The topological polar surface area (TPSA) is 90.0 Å². The minimum Gasteiger partial charge on any atom is -0.326 e. The monoisotopic (exact) mass is 401 g/mol. The van der Waals surface area contributed by atoms with Crippen molar-refractivity contribution in [3.8, 4) is 11.3 Å². The van der Waals surface area contributed by atoms with Gasteiger partial charge in [0, 0.05) is 36.8 Å². The zero-order valence-electron chi connectivity index (χ0n) is 17.0. The maximum absolute atomic E-state index is 12.2. The number of hydrogen-bond donors (Lipinski definition) is 1. The summed E-state index contributed by atoms with van der Waals surface area (Å²) in [6, 6.07) is 6.08. The second kappa shape index (κ2) is 7.37. The fourth-order valence-electron chi connectivity index (χ4n) is 3.75. The fraction of sp³-hybridized carbons (Fsp3) is 0.318. The summed E-state index contributed by atoms with van der Waals surface area (Å²) >= 11 is 0. The average Bonchev–Trinajstić information content (AvgIpc) is 3.28. The molecule has 4 aromatic rings. The van der Waals surface area contributed by atoms with Gasteiger partial charge in [-0.05, 0) is 37.0 Å². The predicted molar refractivity (Wildman–Crippen MR) is 113 cm³/mol. The Balaban J connectivity index is 1.38. The van der Waals surface area contributed by atoms with Crippen LogP contribution in [0.4, 0.5) is 5.69 Å². The summed E-state index contributed by atoms with van der Waals surface area (Å²) in [5.74, 6) is 1.03. The number of aryl methyl sites for hydroxylation is 2. The van der Waals surface area contributed by atoms with Crippen LogP contribution in [0.5, 0.6) is 0 Å². The molecule has 8 nitrogen and oxygen atoms in total. The first-order valence-corrected chi connectivity index (χ1v) is 10.2. The number of carbonyl (C=O) groups is 1. The number of nitrogens with zero attached hydrogens (tertiary/aromatic N) is 6. The minimum absolute atomic E-state index is 0.134. The molecule has 8 heteroatoms. The van der Waals surface area contributed by atoms with Crippen molar-refractivity contribution < 1.29 is 4.79 Å². The summed E-state index contributed by atoms with van der Waals surface area (Å²) < 4.78 is 3.56. The molecule has 0 radical (unpaired) electrons. The van der Waals surface area contributed by atoms with Crippen molar-refractivity contribution in [1.29, 1.82) is 0 Å². The lowest BCUT2D eigenvalue weighted by Gasteiger charge is -2.24. The van der Waals surface area contributed by atoms with Gasteiger partial charge < -0.3 is 5.32 Å². The highest BCUT2D eigenvalue weighted by molar-refractivity contribution is 5.93. The van der Waals surface area contributed by atoms with E-state index in [1.54, 1.807) is 27.8 Å². The molecule has 30 heavy (non-hydrogen) atoms. The molecule has 1 aliphatic rings. The van der Waals surface area contributed by atoms with Crippen molar-refractivity contribution >= 4 is 17.2 Å². The number of aromatic nitrogens is 6. The number of anilines is 1. The second-order valence-electron chi connectivity index (χ2n) is 7.94. The number of hydrogen-bond acceptors (Lipinski definition) is 5. The molecule has 0 bridgehead atoms. The van der Waals surface area contributed by atoms with E-state index in [-0.39, 0.29) is 11.8 Å². The van der Waals surface area contributed by atoms with Gasteiger partial charge in [-0.2, -0.15) is 10.2 Å². The molecule has 1 aromatic carbocycles. The van der Waals surface area contributed by atoms with Crippen LogP contribution in [0.15, 0.2) is 43.0 Å². The van der Waals surface area contributed by atoms with Crippen molar-refractivity contribution in [2.75, 3.05) is 5.32 Å². The van der Waals surface area contributed by atoms with Gasteiger partial charge in [0.15, 0.2) is 11.5 Å². The molecule has 1 N–H and O–H groups in total. The molecule has 152 valence electrons. The number of rotatable bonds is 5. The highest BCUT2D eigenvalue weighted by atomic mass is 16.1. The van der Waals surface area contributed by atoms with Gasteiger partial charge in [-0.25, -0.2) is 9.50 Å². The molecule has 1 amide bonds. The Kier molecular flexibility index (Phi) is 4.54. The normalized spacial score (nSPS) is 14.1. The Morgan fingerprint density at radius 2 is 2.10 bits per heavy atom. The van der Waals surface area contributed by atoms with Crippen LogP contribution in [-0.4, -0.2) is 35.3 Å². The standard InChI is InChI=1S/C22H23N7O/c1-14-8-15(6-7-18(14)25-22(30)16-4-3-5-16)9-20-26-21-12-23-11-19(29(21)27-20)17-10-24-28(2)13-17/h6-8,10-13,16H,3-5,9H2,1-2H3,(H,25,30). The second-order valence-corrected chi connectivity index (χ2v) is 7.94. The van der Waals surface area contributed by atoms with E-state index in [9.17, 15) is 4.79 Å². The molecule has 5 rings (SSSR count). The van der Waals surface area contributed by atoms with Gasteiger partial charge in [-0.15, -0.1) is 0 Å². The molecule has 3 aromatic heterocycles. The number of amides is 1. The van der Waals surface area contributed by atoms with Crippen molar-refractivity contribution in [2.45, 2.75) is 32.6 Å². The van der Waals surface area contributed by atoms with Crippen LogP contribution < -0.4 is 5.32 Å². The Hall–Kier alpha value is -3.55. The van der Waals surface area contributed by atoms with E-state index in [1.807, 2.05) is 32.3 Å². The minimum atomic E-state index is 0.134. The summed E-state index contributed by atoms with van der Waals surface area (Å²) in [6.45, 7) is 2.02. The first-order chi connectivity index (χ1) is 14.6. The summed E-state index contributed by atoms with van der Waals surface area (Å²) in [6.07, 6.45) is 10.9. The average molecular weight is 401 g/mol. The number of fused-ring (bicyclic) bond motifs is 1. The quantitative estimate of drug-likeness (QED) is 0.555. The van der Waals surface area contributed by atoms with Gasteiger partial charge in [0.05, 0.1) is 24.3 Å². The molecule has 0 aliphatic heterocycles. The molecule has 0 unspecified atom stereocenters. The highest BCUT2D eigenvalue weighted by Crippen LogP contribution is 2.28. The molecule has 0 atom stereocenters. The number of carbonyl (C=O) groups excluding carboxylic acids is 1. The lowest BCUT2D eigenvalue weighted by Crippen LogP contribution is -2.28. The molecule has 1 saturated carbocycles. The van der Waals surface area contributed by atoms with E-state index < -0.39 is 0 Å². The van der Waals surface area contributed by atoms with Gasteiger partial charge in [0.1, 0.15) is 0 Å². The lowest BCUT2D eigenvalue weighted by atomic mass is 9.85. The van der Waals surface area contributed by atoms with Crippen LogP contribution in [-0.2, 0) is 18.3 Å². The molecule has 3 heterocycles. The zero-order valence-corrected chi connectivity index (χ0v) is 17.0. The van der Waals surface area contributed by atoms with Crippen molar-refractivity contribution in [2.24, 2.45) is 13.0 Å². The lowest BCUT2D eigenvalue weighted by molar-refractivity contribution is -0.122. The third-order valence-electron chi connectivity index (χ3n) is 5.68. The molecule has 0 saturated heterocycles. The van der Waals surface area contributed by atoms with Crippen LogP contribution in [0.2, 0.25) is 0 Å². The van der Waals surface area contributed by atoms with Crippen LogP contribution in [0.1, 0.15) is 36.2 Å². The number of nitrogens with one attached hydrogen (secondary N) is 1. The summed E-state index contributed by atoms with van der Waals surface area (Å²) in [4.78, 5) is 21.2. The molecule has 0 spiro atoms. The van der Waals surface area contributed by atoms with E-state index in [1.165, 1.54) is 0 Å². The van der Waals surface area contributed by atoms with Gasteiger partial charge in [0.2, 0.25) is 5.91 Å². The van der Waals surface area contributed by atoms with Gasteiger partial charge in [0.25, 0.3) is 0 Å². The molecule has 1 aliphatic carbocycles. The van der Waals surface area contributed by atoms with E-state index in [2.05, 4.69) is 26.4 Å². The maximum Gasteiger partial charge on any atom is 0.227 e. The molecule has 1 fully saturated rings. The van der Waals surface area contributed by atoms with Crippen LogP contribution in [0, 0.1) is 12.8 Å². The van der Waals surface area contributed by atoms with Crippen molar-refractivity contribution in [3.05, 3.63) is 59.9 Å². The van der Waals surface area contributed by atoms with Crippen molar-refractivity contribution in [3.63, 3.8) is 0 Å².